The lowest BCUT2D eigenvalue weighted by Gasteiger charge is -2.31. The maximum absolute atomic E-state index is 13.5. The number of nitrogens with one attached hydrogen (secondary N) is 1. The smallest absolute Gasteiger partial charge is 0.265 e. The molecule has 0 spiro atoms. The van der Waals surface area contributed by atoms with E-state index in [-0.39, 0.29) is 24.8 Å². The molecule has 1 heterocycles. The van der Waals surface area contributed by atoms with Crippen molar-refractivity contribution < 1.29 is 18.0 Å². The van der Waals surface area contributed by atoms with Crippen molar-refractivity contribution in [3.05, 3.63) is 72.3 Å². The summed E-state index contributed by atoms with van der Waals surface area (Å²) in [5.41, 5.74) is 1.75. The van der Waals surface area contributed by atoms with Gasteiger partial charge in [-0.2, -0.15) is 0 Å². The van der Waals surface area contributed by atoms with Crippen molar-refractivity contribution in [1.82, 2.24) is 10.2 Å². The van der Waals surface area contributed by atoms with Crippen LogP contribution in [0.4, 0.5) is 5.69 Å². The topological polar surface area (TPSA) is 86.8 Å². The van der Waals surface area contributed by atoms with Crippen LogP contribution in [0, 0.1) is 0 Å². The summed E-state index contributed by atoms with van der Waals surface area (Å²) in [6.07, 6.45) is 2.48. The van der Waals surface area contributed by atoms with E-state index in [4.69, 9.17) is 0 Å². The summed E-state index contributed by atoms with van der Waals surface area (Å²) in [5.74, 6) is -0.281. The maximum atomic E-state index is 13.5. The van der Waals surface area contributed by atoms with Crippen LogP contribution in [0.25, 0.3) is 10.8 Å². The molecule has 1 atom stereocenters. The molecule has 1 aliphatic heterocycles. The van der Waals surface area contributed by atoms with Crippen LogP contribution in [0.15, 0.2) is 71.6 Å². The quantitative estimate of drug-likeness (QED) is 0.380. The predicted molar refractivity (Wildman–Crippen MR) is 147 cm³/mol. The first-order valence-corrected chi connectivity index (χ1v) is 14.5. The fraction of sp³-hybridized carbons (Fsp3) is 0.379. The molecule has 1 N–H and O–H groups in total. The van der Waals surface area contributed by atoms with Gasteiger partial charge >= 0.3 is 0 Å². The highest BCUT2D eigenvalue weighted by Crippen LogP contribution is 2.42. The van der Waals surface area contributed by atoms with Crippen molar-refractivity contribution in [2.75, 3.05) is 23.9 Å². The number of sulfonamides is 1. The van der Waals surface area contributed by atoms with E-state index in [2.05, 4.69) is 5.32 Å². The molecule has 0 saturated heterocycles. The molecule has 8 heteroatoms. The Kier molecular flexibility index (Phi) is 8.48. The summed E-state index contributed by atoms with van der Waals surface area (Å²) in [4.78, 5) is 28.4. The number of carbonyl (C=O) groups is 2. The normalized spacial score (nSPS) is 14.5. The fourth-order valence-corrected chi connectivity index (χ4v) is 6.73. The van der Waals surface area contributed by atoms with E-state index in [1.54, 1.807) is 17.0 Å². The third-order valence-corrected chi connectivity index (χ3v) is 8.71. The first-order chi connectivity index (χ1) is 17.9. The molecule has 7 nitrogen and oxygen atoms in total. The van der Waals surface area contributed by atoms with Crippen LogP contribution in [0.5, 0.6) is 0 Å². The molecule has 0 radical (unpaired) electrons. The molecule has 0 aliphatic carbocycles. The second-order valence-corrected chi connectivity index (χ2v) is 11.2. The maximum Gasteiger partial charge on any atom is 0.265 e. The fourth-order valence-electron chi connectivity index (χ4n) is 4.98. The highest BCUT2D eigenvalue weighted by molar-refractivity contribution is 7.93. The zero-order valence-electron chi connectivity index (χ0n) is 21.5. The van der Waals surface area contributed by atoms with Crippen molar-refractivity contribution in [3.63, 3.8) is 0 Å². The lowest BCUT2D eigenvalue weighted by molar-refractivity contribution is -0.140. The van der Waals surface area contributed by atoms with Gasteiger partial charge < -0.3 is 10.2 Å². The Labute approximate surface area is 219 Å². The van der Waals surface area contributed by atoms with Gasteiger partial charge in [-0.3, -0.25) is 13.9 Å². The first-order valence-electron chi connectivity index (χ1n) is 13.0. The van der Waals surface area contributed by atoms with E-state index in [1.807, 2.05) is 68.4 Å². The summed E-state index contributed by atoms with van der Waals surface area (Å²) in [7, 11) is -3.66. The van der Waals surface area contributed by atoms with Crippen LogP contribution < -0.4 is 9.62 Å². The number of amides is 2. The van der Waals surface area contributed by atoms with E-state index >= 15 is 0 Å². The molecule has 0 unspecified atom stereocenters. The zero-order valence-corrected chi connectivity index (χ0v) is 22.3. The monoisotopic (exact) mass is 521 g/mol. The van der Waals surface area contributed by atoms with Crippen molar-refractivity contribution >= 4 is 38.3 Å². The Bertz CT molecular complexity index is 1350. The number of hydrogen-bond acceptors (Lipinski definition) is 4. The van der Waals surface area contributed by atoms with Crippen LogP contribution in [0.3, 0.4) is 0 Å². The molecule has 37 heavy (non-hydrogen) atoms. The minimum absolute atomic E-state index is 0.137. The molecule has 196 valence electrons. The van der Waals surface area contributed by atoms with Gasteiger partial charge in [0.2, 0.25) is 11.8 Å². The lowest BCUT2D eigenvalue weighted by atomic mass is 10.1. The van der Waals surface area contributed by atoms with E-state index in [1.165, 1.54) is 4.31 Å². The number of nitrogens with zero attached hydrogens (tertiary/aromatic N) is 2. The van der Waals surface area contributed by atoms with Gasteiger partial charge in [0.25, 0.3) is 10.0 Å². The van der Waals surface area contributed by atoms with Crippen LogP contribution >= 0.6 is 0 Å². The molecule has 1 aliphatic rings. The highest BCUT2D eigenvalue weighted by atomic mass is 32.2. The highest BCUT2D eigenvalue weighted by Gasteiger charge is 2.35. The van der Waals surface area contributed by atoms with Gasteiger partial charge in [-0.15, -0.1) is 0 Å². The molecule has 2 amide bonds. The van der Waals surface area contributed by atoms with Gasteiger partial charge in [0.1, 0.15) is 6.04 Å². The van der Waals surface area contributed by atoms with E-state index in [0.717, 1.165) is 22.8 Å². The van der Waals surface area contributed by atoms with Crippen LogP contribution in [0.1, 0.15) is 45.1 Å². The van der Waals surface area contributed by atoms with Crippen LogP contribution in [-0.4, -0.2) is 50.8 Å². The van der Waals surface area contributed by atoms with Crippen molar-refractivity contribution in [1.29, 1.82) is 0 Å². The van der Waals surface area contributed by atoms with Gasteiger partial charge in [-0.05, 0) is 48.8 Å². The number of anilines is 1. The Morgan fingerprint density at radius 2 is 1.70 bits per heavy atom. The van der Waals surface area contributed by atoms with E-state index in [9.17, 15) is 18.0 Å². The largest absolute Gasteiger partial charge is 0.354 e. The number of rotatable bonds is 12. The first kappa shape index (κ1) is 26.7. The van der Waals surface area contributed by atoms with Gasteiger partial charge in [0, 0.05) is 31.4 Å². The second-order valence-electron chi connectivity index (χ2n) is 9.35. The zero-order chi connectivity index (χ0) is 26.4. The molecular formula is C29H35N3O4S. The molecule has 4 rings (SSSR count). The molecule has 0 bridgehead atoms. The van der Waals surface area contributed by atoms with Crippen molar-refractivity contribution in [3.8, 4) is 0 Å². The van der Waals surface area contributed by atoms with Gasteiger partial charge in [-0.25, -0.2) is 8.42 Å². The molecule has 3 aromatic rings. The number of hydrogen-bond donors (Lipinski definition) is 1. The Morgan fingerprint density at radius 3 is 2.41 bits per heavy atom. The number of carbonyl (C=O) groups excluding carboxylic acids is 2. The van der Waals surface area contributed by atoms with Gasteiger partial charge in [0.05, 0.1) is 10.6 Å². The molecule has 3 aromatic carbocycles. The average Bonchev–Trinajstić information content (AvgIpc) is 3.13. The Morgan fingerprint density at radius 1 is 0.973 bits per heavy atom. The predicted octanol–water partition coefficient (Wildman–Crippen LogP) is 4.50. The molecule has 0 saturated carbocycles. The second kappa shape index (κ2) is 11.8. The van der Waals surface area contributed by atoms with Crippen molar-refractivity contribution in [2.24, 2.45) is 0 Å². The minimum atomic E-state index is -3.66. The van der Waals surface area contributed by atoms with E-state index in [0.29, 0.717) is 42.9 Å². The van der Waals surface area contributed by atoms with Gasteiger partial charge in [-0.1, -0.05) is 68.4 Å². The number of benzene rings is 3. The minimum Gasteiger partial charge on any atom is -0.354 e. The average molecular weight is 522 g/mol. The lowest BCUT2D eigenvalue weighted by Crippen LogP contribution is -2.50. The Hall–Kier alpha value is -3.39. The van der Waals surface area contributed by atoms with E-state index < -0.39 is 16.1 Å². The van der Waals surface area contributed by atoms with Crippen LogP contribution in [-0.2, 0) is 26.0 Å². The SMILES string of the molecule is CCCNC(=O)[C@H](CC)N(CCc1ccccc1)C(=O)CCCN1c2cccc3cccc(c23)S1(=O)=O. The summed E-state index contributed by atoms with van der Waals surface area (Å²) < 4.78 is 27.9. The summed E-state index contributed by atoms with van der Waals surface area (Å²) in [6, 6.07) is 20.2. The summed E-state index contributed by atoms with van der Waals surface area (Å²) in [6.45, 7) is 5.09. The summed E-state index contributed by atoms with van der Waals surface area (Å²) >= 11 is 0. The molecule has 0 aromatic heterocycles. The molecule has 0 fully saturated rings. The standard InChI is InChI=1S/C29H35N3O4S/c1-3-19-30-29(34)24(4-2)31(21-18-22-11-6-5-7-12-22)27(33)17-10-20-32-25-15-8-13-23-14-9-16-26(28(23)25)37(32,35)36/h5-9,11-16,24H,3-4,10,17-21H2,1-2H3,(H,30,34)/t24-/m0/s1. The third-order valence-electron chi connectivity index (χ3n) is 6.85. The van der Waals surface area contributed by atoms with Crippen LogP contribution in [0.2, 0.25) is 0 Å². The van der Waals surface area contributed by atoms with Gasteiger partial charge in [0.15, 0.2) is 0 Å². The van der Waals surface area contributed by atoms with Crippen molar-refractivity contribution in [2.45, 2.75) is 56.9 Å². The summed E-state index contributed by atoms with van der Waals surface area (Å²) in [5, 5.41) is 4.55. The molecular weight excluding hydrogens is 486 g/mol. The Balaban J connectivity index is 1.47. The third kappa shape index (κ3) is 5.64.